The third kappa shape index (κ3) is 3.30. The first kappa shape index (κ1) is 14.6. The first-order chi connectivity index (χ1) is 10.3. The predicted molar refractivity (Wildman–Crippen MR) is 83.2 cm³/mol. The van der Waals surface area contributed by atoms with E-state index in [4.69, 9.17) is 0 Å². The Bertz CT molecular complexity index is 476. The molecule has 4 nitrogen and oxygen atoms in total. The summed E-state index contributed by atoms with van der Waals surface area (Å²) in [5.41, 5.74) is 1.67. The lowest BCUT2D eigenvalue weighted by Gasteiger charge is -2.27. The van der Waals surface area contributed by atoms with Gasteiger partial charge in [0.05, 0.1) is 0 Å². The van der Waals surface area contributed by atoms with Crippen molar-refractivity contribution in [2.45, 2.75) is 58.3 Å². The topological polar surface area (TPSA) is 49.0 Å². The smallest absolute Gasteiger partial charge is 0.274 e. The molecule has 1 aliphatic carbocycles. The zero-order valence-electron chi connectivity index (χ0n) is 13.1. The van der Waals surface area contributed by atoms with Gasteiger partial charge in [-0.3, -0.25) is 9.89 Å². The summed E-state index contributed by atoms with van der Waals surface area (Å²) in [6, 6.07) is 1.93. The van der Waals surface area contributed by atoms with Crippen LogP contribution in [0.25, 0.3) is 0 Å². The van der Waals surface area contributed by atoms with Crippen molar-refractivity contribution in [2.75, 3.05) is 13.1 Å². The van der Waals surface area contributed by atoms with Gasteiger partial charge in [0, 0.05) is 18.8 Å². The summed E-state index contributed by atoms with van der Waals surface area (Å²) in [6.07, 6.45) is 10.1. The fraction of sp³-hybridized carbons (Fsp3) is 0.765. The Hall–Kier alpha value is -1.32. The summed E-state index contributed by atoms with van der Waals surface area (Å²) >= 11 is 0. The number of hydrogen-bond acceptors (Lipinski definition) is 2. The Morgan fingerprint density at radius 1 is 1.29 bits per heavy atom. The minimum atomic E-state index is 0.118. The largest absolute Gasteiger partial charge is 0.337 e. The molecule has 1 aliphatic heterocycles. The molecule has 3 rings (SSSR count). The normalized spacial score (nSPS) is 23.7. The number of nitrogens with zero attached hydrogens (tertiary/aromatic N) is 2. The van der Waals surface area contributed by atoms with Crippen molar-refractivity contribution in [1.82, 2.24) is 15.1 Å². The van der Waals surface area contributed by atoms with Gasteiger partial charge in [0.15, 0.2) is 0 Å². The number of nitrogens with one attached hydrogen (secondary N) is 1. The minimum Gasteiger partial charge on any atom is -0.337 e. The van der Waals surface area contributed by atoms with Crippen molar-refractivity contribution < 1.29 is 4.79 Å². The van der Waals surface area contributed by atoms with E-state index < -0.39 is 0 Å². The maximum atomic E-state index is 12.5. The highest BCUT2D eigenvalue weighted by atomic mass is 16.2. The molecule has 2 fully saturated rings. The molecule has 4 heteroatoms. The molecular formula is C17H27N3O. The van der Waals surface area contributed by atoms with Crippen LogP contribution < -0.4 is 0 Å². The maximum absolute atomic E-state index is 12.5. The van der Waals surface area contributed by atoms with Gasteiger partial charge >= 0.3 is 0 Å². The van der Waals surface area contributed by atoms with Gasteiger partial charge in [0.25, 0.3) is 5.91 Å². The van der Waals surface area contributed by atoms with Crippen LogP contribution >= 0.6 is 0 Å². The number of carbonyl (C=O) groups is 1. The fourth-order valence-corrected chi connectivity index (χ4v) is 3.99. The monoisotopic (exact) mass is 289 g/mol. The van der Waals surface area contributed by atoms with Crippen molar-refractivity contribution in [3.05, 3.63) is 17.5 Å². The van der Waals surface area contributed by atoms with E-state index in [1.165, 1.54) is 38.5 Å². The lowest BCUT2D eigenvalue weighted by Crippen LogP contribution is -2.30. The minimum absolute atomic E-state index is 0.118. The number of aryl methyl sites for hydroxylation is 1. The third-order valence-electron chi connectivity index (χ3n) is 5.20. The summed E-state index contributed by atoms with van der Waals surface area (Å²) in [5, 5.41) is 7.19. The first-order valence-corrected chi connectivity index (χ1v) is 8.61. The Labute approximate surface area is 127 Å². The standard InChI is InChI=1S/C17H27N3O/c1-2-6-15-11-16(19-18-15)17(21)20-10-9-14(12-20)13-7-4-3-5-8-13/h11,13-14H,2-10,12H2,1H3,(H,18,19)/t14-/m0/s1. The van der Waals surface area contributed by atoms with Gasteiger partial charge in [-0.15, -0.1) is 0 Å². The highest BCUT2D eigenvalue weighted by Crippen LogP contribution is 2.35. The second-order valence-corrected chi connectivity index (χ2v) is 6.73. The number of H-pyrrole nitrogens is 1. The number of aromatic amines is 1. The summed E-state index contributed by atoms with van der Waals surface area (Å²) in [5.74, 6) is 1.70. The Morgan fingerprint density at radius 3 is 2.86 bits per heavy atom. The summed E-state index contributed by atoms with van der Waals surface area (Å²) in [4.78, 5) is 14.6. The van der Waals surface area contributed by atoms with Crippen molar-refractivity contribution >= 4 is 5.91 Å². The van der Waals surface area contributed by atoms with E-state index in [9.17, 15) is 4.79 Å². The molecule has 21 heavy (non-hydrogen) atoms. The molecule has 1 aromatic heterocycles. The predicted octanol–water partition coefficient (Wildman–Crippen LogP) is 3.40. The molecule has 1 amide bonds. The average molecular weight is 289 g/mol. The van der Waals surface area contributed by atoms with E-state index in [1.807, 2.05) is 11.0 Å². The zero-order chi connectivity index (χ0) is 14.7. The quantitative estimate of drug-likeness (QED) is 0.923. The number of amides is 1. The van der Waals surface area contributed by atoms with E-state index >= 15 is 0 Å². The summed E-state index contributed by atoms with van der Waals surface area (Å²) < 4.78 is 0. The van der Waals surface area contributed by atoms with Gasteiger partial charge in [-0.05, 0) is 30.7 Å². The van der Waals surface area contributed by atoms with E-state index in [1.54, 1.807) is 0 Å². The number of hydrogen-bond donors (Lipinski definition) is 1. The van der Waals surface area contributed by atoms with Crippen LogP contribution in [0.1, 0.15) is 68.1 Å². The van der Waals surface area contributed by atoms with E-state index in [0.717, 1.165) is 43.5 Å². The second-order valence-electron chi connectivity index (χ2n) is 6.73. The average Bonchev–Trinajstić information content (AvgIpc) is 3.17. The molecule has 1 aromatic rings. The van der Waals surface area contributed by atoms with Crippen LogP contribution in [-0.2, 0) is 6.42 Å². The van der Waals surface area contributed by atoms with E-state index in [2.05, 4.69) is 17.1 Å². The van der Waals surface area contributed by atoms with Gasteiger partial charge in [-0.1, -0.05) is 45.4 Å². The summed E-state index contributed by atoms with van der Waals surface area (Å²) in [6.45, 7) is 3.99. The molecule has 0 unspecified atom stereocenters. The van der Waals surface area contributed by atoms with Crippen LogP contribution in [0.3, 0.4) is 0 Å². The molecule has 116 valence electrons. The lowest BCUT2D eigenvalue weighted by molar-refractivity contribution is 0.0774. The molecule has 1 saturated heterocycles. The SMILES string of the molecule is CCCc1cc(C(=O)N2CC[C@H](C3CCCCC3)C2)n[nH]1. The molecule has 0 aromatic carbocycles. The molecule has 1 saturated carbocycles. The van der Waals surface area contributed by atoms with Gasteiger partial charge < -0.3 is 4.90 Å². The number of rotatable bonds is 4. The molecule has 2 heterocycles. The lowest BCUT2D eigenvalue weighted by atomic mass is 9.80. The fourth-order valence-electron chi connectivity index (χ4n) is 3.99. The van der Waals surface area contributed by atoms with Gasteiger partial charge in [-0.2, -0.15) is 5.10 Å². The van der Waals surface area contributed by atoms with Crippen molar-refractivity contribution in [3.63, 3.8) is 0 Å². The Kier molecular flexibility index (Phi) is 4.61. The Balaban J connectivity index is 1.58. The summed E-state index contributed by atoms with van der Waals surface area (Å²) in [7, 11) is 0. The van der Waals surface area contributed by atoms with Crippen LogP contribution in [0.4, 0.5) is 0 Å². The molecule has 0 bridgehead atoms. The molecule has 0 radical (unpaired) electrons. The highest BCUT2D eigenvalue weighted by Gasteiger charge is 2.33. The number of aromatic nitrogens is 2. The van der Waals surface area contributed by atoms with Gasteiger partial charge in [0.2, 0.25) is 0 Å². The van der Waals surface area contributed by atoms with Gasteiger partial charge in [0.1, 0.15) is 5.69 Å². The molecule has 0 spiro atoms. The van der Waals surface area contributed by atoms with E-state index in [-0.39, 0.29) is 5.91 Å². The first-order valence-electron chi connectivity index (χ1n) is 8.61. The zero-order valence-corrected chi connectivity index (χ0v) is 13.1. The van der Waals surface area contributed by atoms with Crippen molar-refractivity contribution in [1.29, 1.82) is 0 Å². The second kappa shape index (κ2) is 6.63. The molecular weight excluding hydrogens is 262 g/mol. The maximum Gasteiger partial charge on any atom is 0.274 e. The van der Waals surface area contributed by atoms with Crippen molar-refractivity contribution in [3.8, 4) is 0 Å². The van der Waals surface area contributed by atoms with Crippen LogP contribution in [-0.4, -0.2) is 34.1 Å². The van der Waals surface area contributed by atoms with Crippen LogP contribution in [0, 0.1) is 11.8 Å². The number of likely N-dealkylation sites (tertiary alicyclic amines) is 1. The number of carbonyl (C=O) groups excluding carboxylic acids is 1. The molecule has 1 N–H and O–H groups in total. The molecule has 2 aliphatic rings. The van der Waals surface area contributed by atoms with E-state index in [0.29, 0.717) is 5.69 Å². The van der Waals surface area contributed by atoms with Gasteiger partial charge in [-0.25, -0.2) is 0 Å². The van der Waals surface area contributed by atoms with Crippen LogP contribution in [0.2, 0.25) is 0 Å². The van der Waals surface area contributed by atoms with Crippen molar-refractivity contribution in [2.24, 2.45) is 11.8 Å². The van der Waals surface area contributed by atoms with Crippen LogP contribution in [0.5, 0.6) is 0 Å². The molecule has 1 atom stereocenters. The Morgan fingerprint density at radius 2 is 2.10 bits per heavy atom. The van der Waals surface area contributed by atoms with Crippen LogP contribution in [0.15, 0.2) is 6.07 Å². The highest BCUT2D eigenvalue weighted by molar-refractivity contribution is 5.92. The third-order valence-corrected chi connectivity index (χ3v) is 5.20.